The molecule has 0 aliphatic rings. The van der Waals surface area contributed by atoms with Crippen molar-refractivity contribution in [2.24, 2.45) is 0 Å². The molecule has 0 fully saturated rings. The van der Waals surface area contributed by atoms with Crippen LogP contribution >= 0.6 is 11.3 Å². The minimum Gasteiger partial charge on any atom is -0.315 e. The molecule has 0 radical (unpaired) electrons. The fourth-order valence-corrected chi connectivity index (χ4v) is 2.52. The standard InChI is InChI=1S/C13H13N5OS/c19-13-17-11(8-20-13)7-15-5-10-6-16-18-12(10)9-2-1-3-14-4-9/h1-4,6,8,15H,5,7H2,(H,16,18)(H,17,19). The van der Waals surface area contributed by atoms with E-state index in [-0.39, 0.29) is 4.87 Å². The summed E-state index contributed by atoms with van der Waals surface area (Å²) in [6.07, 6.45) is 5.34. The molecule has 0 amide bonds. The summed E-state index contributed by atoms with van der Waals surface area (Å²) >= 11 is 1.17. The van der Waals surface area contributed by atoms with Gasteiger partial charge in [-0.1, -0.05) is 11.3 Å². The third kappa shape index (κ3) is 2.84. The number of nitrogens with one attached hydrogen (secondary N) is 3. The Morgan fingerprint density at radius 3 is 3.00 bits per heavy atom. The Labute approximate surface area is 118 Å². The van der Waals surface area contributed by atoms with Crippen LogP contribution in [0.5, 0.6) is 0 Å². The second kappa shape index (κ2) is 5.81. The Kier molecular flexibility index (Phi) is 3.71. The van der Waals surface area contributed by atoms with Gasteiger partial charge < -0.3 is 10.3 Å². The lowest BCUT2D eigenvalue weighted by molar-refractivity contribution is 0.683. The average Bonchev–Trinajstić information content (AvgIpc) is 3.09. The Morgan fingerprint density at radius 1 is 1.30 bits per heavy atom. The van der Waals surface area contributed by atoms with E-state index >= 15 is 0 Å². The first-order chi connectivity index (χ1) is 9.83. The molecule has 3 N–H and O–H groups in total. The van der Waals surface area contributed by atoms with Gasteiger partial charge in [-0.2, -0.15) is 5.10 Å². The van der Waals surface area contributed by atoms with Crippen LogP contribution < -0.4 is 10.2 Å². The van der Waals surface area contributed by atoms with Crippen LogP contribution in [0.1, 0.15) is 11.3 Å². The molecule has 20 heavy (non-hydrogen) atoms. The number of nitrogens with zero attached hydrogens (tertiary/aromatic N) is 2. The van der Waals surface area contributed by atoms with E-state index in [0.717, 1.165) is 22.5 Å². The molecular formula is C13H13N5OS. The number of pyridine rings is 1. The molecule has 0 spiro atoms. The maximum atomic E-state index is 11.0. The summed E-state index contributed by atoms with van der Waals surface area (Å²) < 4.78 is 0. The van der Waals surface area contributed by atoms with Crippen molar-refractivity contribution in [3.8, 4) is 11.3 Å². The molecule has 3 aromatic rings. The van der Waals surface area contributed by atoms with Gasteiger partial charge in [-0.15, -0.1) is 0 Å². The fraction of sp³-hybridized carbons (Fsp3) is 0.154. The van der Waals surface area contributed by atoms with E-state index in [1.807, 2.05) is 17.5 Å². The van der Waals surface area contributed by atoms with E-state index in [1.54, 1.807) is 18.6 Å². The molecule has 0 unspecified atom stereocenters. The summed E-state index contributed by atoms with van der Waals surface area (Å²) in [6.45, 7) is 1.29. The zero-order valence-electron chi connectivity index (χ0n) is 10.6. The highest BCUT2D eigenvalue weighted by molar-refractivity contribution is 7.07. The van der Waals surface area contributed by atoms with E-state index < -0.39 is 0 Å². The van der Waals surface area contributed by atoms with Crippen molar-refractivity contribution < 1.29 is 0 Å². The summed E-state index contributed by atoms with van der Waals surface area (Å²) in [5.74, 6) is 0. The van der Waals surface area contributed by atoms with Gasteiger partial charge in [-0.05, 0) is 12.1 Å². The van der Waals surface area contributed by atoms with Crippen LogP contribution in [0.4, 0.5) is 0 Å². The van der Waals surface area contributed by atoms with Gasteiger partial charge >= 0.3 is 4.87 Å². The molecule has 3 rings (SSSR count). The van der Waals surface area contributed by atoms with Crippen molar-refractivity contribution in [2.45, 2.75) is 13.1 Å². The van der Waals surface area contributed by atoms with E-state index in [9.17, 15) is 4.79 Å². The van der Waals surface area contributed by atoms with Crippen molar-refractivity contribution >= 4 is 11.3 Å². The van der Waals surface area contributed by atoms with Gasteiger partial charge in [0, 0.05) is 47.7 Å². The van der Waals surface area contributed by atoms with Gasteiger partial charge in [0.25, 0.3) is 0 Å². The summed E-state index contributed by atoms with van der Waals surface area (Å²) in [7, 11) is 0. The van der Waals surface area contributed by atoms with Crippen molar-refractivity contribution in [3.05, 3.63) is 57.0 Å². The monoisotopic (exact) mass is 287 g/mol. The number of aromatic nitrogens is 4. The van der Waals surface area contributed by atoms with Crippen molar-refractivity contribution in [3.63, 3.8) is 0 Å². The van der Waals surface area contributed by atoms with E-state index in [0.29, 0.717) is 13.1 Å². The molecule has 0 aromatic carbocycles. The smallest absolute Gasteiger partial charge is 0.304 e. The predicted molar refractivity (Wildman–Crippen MR) is 77.3 cm³/mol. The van der Waals surface area contributed by atoms with E-state index in [1.165, 1.54) is 11.3 Å². The minimum absolute atomic E-state index is 0.0267. The van der Waals surface area contributed by atoms with Gasteiger partial charge in [-0.25, -0.2) is 0 Å². The highest BCUT2D eigenvalue weighted by Crippen LogP contribution is 2.19. The largest absolute Gasteiger partial charge is 0.315 e. The zero-order chi connectivity index (χ0) is 13.8. The molecule has 0 atom stereocenters. The molecule has 0 saturated heterocycles. The molecule has 0 aliphatic carbocycles. The first-order valence-corrected chi connectivity index (χ1v) is 7.01. The molecule has 0 bridgehead atoms. The SMILES string of the molecule is O=c1[nH]c(CNCc2cn[nH]c2-c2cccnc2)cs1. The van der Waals surface area contributed by atoms with Crippen LogP contribution in [0.15, 0.2) is 40.9 Å². The van der Waals surface area contributed by atoms with Crippen LogP contribution in [0, 0.1) is 0 Å². The van der Waals surface area contributed by atoms with Crippen molar-refractivity contribution in [1.82, 2.24) is 25.5 Å². The molecule has 3 aromatic heterocycles. The predicted octanol–water partition coefficient (Wildman–Crippen LogP) is 1.51. The molecule has 102 valence electrons. The molecular weight excluding hydrogens is 274 g/mol. The number of hydrogen-bond donors (Lipinski definition) is 3. The normalized spacial score (nSPS) is 10.8. The van der Waals surface area contributed by atoms with Crippen LogP contribution in [-0.2, 0) is 13.1 Å². The Balaban J connectivity index is 1.67. The lowest BCUT2D eigenvalue weighted by Crippen LogP contribution is -2.14. The van der Waals surface area contributed by atoms with Crippen LogP contribution in [0.25, 0.3) is 11.3 Å². The minimum atomic E-state index is -0.0267. The summed E-state index contributed by atoms with van der Waals surface area (Å²) in [6, 6.07) is 3.88. The molecule has 7 heteroatoms. The Bertz CT molecular complexity index is 730. The highest BCUT2D eigenvalue weighted by Gasteiger charge is 2.07. The first-order valence-electron chi connectivity index (χ1n) is 6.13. The van der Waals surface area contributed by atoms with E-state index in [2.05, 4.69) is 25.5 Å². The number of rotatable bonds is 5. The lowest BCUT2D eigenvalue weighted by Gasteiger charge is -2.04. The quantitative estimate of drug-likeness (QED) is 0.664. The number of thiazole rings is 1. The summed E-state index contributed by atoms with van der Waals surface area (Å²) in [4.78, 5) is 17.9. The molecule has 0 aliphatic heterocycles. The van der Waals surface area contributed by atoms with Crippen LogP contribution in [0.2, 0.25) is 0 Å². The van der Waals surface area contributed by atoms with Gasteiger partial charge in [0.15, 0.2) is 0 Å². The molecule has 6 nitrogen and oxygen atoms in total. The first kappa shape index (κ1) is 12.8. The Hall–Kier alpha value is -2.25. The number of hydrogen-bond acceptors (Lipinski definition) is 5. The third-order valence-corrected chi connectivity index (χ3v) is 3.59. The van der Waals surface area contributed by atoms with Crippen molar-refractivity contribution in [1.29, 1.82) is 0 Å². The number of aromatic amines is 2. The second-order valence-electron chi connectivity index (χ2n) is 4.29. The van der Waals surface area contributed by atoms with Crippen LogP contribution in [-0.4, -0.2) is 20.2 Å². The number of H-pyrrole nitrogens is 2. The lowest BCUT2D eigenvalue weighted by atomic mass is 10.1. The molecule has 3 heterocycles. The van der Waals surface area contributed by atoms with Gasteiger partial charge in [0.05, 0.1) is 11.9 Å². The maximum absolute atomic E-state index is 11.0. The average molecular weight is 287 g/mol. The zero-order valence-corrected chi connectivity index (χ0v) is 11.4. The third-order valence-electron chi connectivity index (χ3n) is 2.87. The molecule has 0 saturated carbocycles. The summed E-state index contributed by atoms with van der Waals surface area (Å²) in [5.41, 5.74) is 3.93. The maximum Gasteiger partial charge on any atom is 0.304 e. The van der Waals surface area contributed by atoms with Gasteiger partial charge in [0.1, 0.15) is 0 Å². The van der Waals surface area contributed by atoms with Crippen LogP contribution in [0.3, 0.4) is 0 Å². The van der Waals surface area contributed by atoms with Gasteiger partial charge in [0.2, 0.25) is 0 Å². The summed E-state index contributed by atoms with van der Waals surface area (Å²) in [5, 5.41) is 12.2. The van der Waals surface area contributed by atoms with Gasteiger partial charge in [-0.3, -0.25) is 14.9 Å². The second-order valence-corrected chi connectivity index (χ2v) is 5.13. The van der Waals surface area contributed by atoms with E-state index in [4.69, 9.17) is 0 Å². The highest BCUT2D eigenvalue weighted by atomic mass is 32.1. The Morgan fingerprint density at radius 2 is 2.25 bits per heavy atom. The fourth-order valence-electron chi connectivity index (χ4n) is 1.94. The topological polar surface area (TPSA) is 86.5 Å². The van der Waals surface area contributed by atoms with Crippen molar-refractivity contribution in [2.75, 3.05) is 0 Å².